The van der Waals surface area contributed by atoms with Gasteiger partial charge in [-0.3, -0.25) is 4.79 Å². The molecular formula is C13H16Cl2N2O. The van der Waals surface area contributed by atoms with Crippen molar-refractivity contribution < 1.29 is 4.79 Å². The summed E-state index contributed by atoms with van der Waals surface area (Å²) in [7, 11) is 0. The summed E-state index contributed by atoms with van der Waals surface area (Å²) in [5, 5.41) is 3.97. The largest absolute Gasteiger partial charge is 0.354 e. The molecule has 98 valence electrons. The Kier molecular flexibility index (Phi) is 4.49. The van der Waals surface area contributed by atoms with Crippen LogP contribution in [0.2, 0.25) is 10.0 Å². The zero-order valence-electron chi connectivity index (χ0n) is 9.96. The minimum absolute atomic E-state index is 0.0729. The summed E-state index contributed by atoms with van der Waals surface area (Å²) >= 11 is 11.9. The number of amides is 1. The molecule has 0 aliphatic heterocycles. The van der Waals surface area contributed by atoms with Gasteiger partial charge in [0.15, 0.2) is 0 Å². The van der Waals surface area contributed by atoms with E-state index in [-0.39, 0.29) is 18.4 Å². The Morgan fingerprint density at radius 2 is 2.17 bits per heavy atom. The van der Waals surface area contributed by atoms with Crippen molar-refractivity contribution >= 4 is 29.1 Å². The fourth-order valence-corrected chi connectivity index (χ4v) is 2.22. The number of nitrogens with two attached hydrogens (primary N) is 1. The molecule has 3 nitrogen and oxygen atoms in total. The molecule has 0 aromatic heterocycles. The van der Waals surface area contributed by atoms with Crippen LogP contribution in [0.5, 0.6) is 0 Å². The number of halogens is 2. The van der Waals surface area contributed by atoms with Crippen LogP contribution in [-0.2, 0) is 11.2 Å². The van der Waals surface area contributed by atoms with E-state index in [1.165, 1.54) is 12.8 Å². The highest BCUT2D eigenvalue weighted by molar-refractivity contribution is 6.33. The Morgan fingerprint density at radius 1 is 1.44 bits per heavy atom. The maximum absolute atomic E-state index is 11.8. The zero-order chi connectivity index (χ0) is 13.1. The molecule has 1 aromatic carbocycles. The summed E-state index contributed by atoms with van der Waals surface area (Å²) in [6.45, 7) is 0.529. The lowest BCUT2D eigenvalue weighted by atomic mass is 10.1. The van der Waals surface area contributed by atoms with Crippen LogP contribution < -0.4 is 11.1 Å². The first-order valence-corrected chi connectivity index (χ1v) is 6.78. The third-order valence-electron chi connectivity index (χ3n) is 3.12. The molecule has 1 atom stereocenters. The fourth-order valence-electron chi connectivity index (χ4n) is 1.84. The first-order valence-electron chi connectivity index (χ1n) is 6.02. The minimum atomic E-state index is -0.0738. The number of rotatable bonds is 5. The second-order valence-electron chi connectivity index (χ2n) is 4.72. The summed E-state index contributed by atoms with van der Waals surface area (Å²) in [4.78, 5) is 11.8. The zero-order valence-corrected chi connectivity index (χ0v) is 11.5. The molecule has 0 saturated heterocycles. The van der Waals surface area contributed by atoms with E-state index in [0.717, 1.165) is 5.56 Å². The summed E-state index contributed by atoms with van der Waals surface area (Å²) in [5.41, 5.74) is 6.65. The smallest absolute Gasteiger partial charge is 0.224 e. The van der Waals surface area contributed by atoms with Gasteiger partial charge < -0.3 is 11.1 Å². The summed E-state index contributed by atoms with van der Waals surface area (Å²) < 4.78 is 0. The fraction of sp³-hybridized carbons (Fsp3) is 0.462. The van der Waals surface area contributed by atoms with Crippen molar-refractivity contribution in [2.24, 2.45) is 11.7 Å². The van der Waals surface area contributed by atoms with Gasteiger partial charge in [-0.15, -0.1) is 0 Å². The Hall–Kier alpha value is -0.770. The molecule has 0 spiro atoms. The lowest BCUT2D eigenvalue weighted by Crippen LogP contribution is -2.39. The van der Waals surface area contributed by atoms with E-state index >= 15 is 0 Å². The SMILES string of the molecule is NC(CNC(=O)Cc1cc(Cl)ccc1Cl)C1CC1. The molecule has 1 aliphatic carbocycles. The quantitative estimate of drug-likeness (QED) is 0.873. The number of nitrogens with one attached hydrogen (secondary N) is 1. The average molecular weight is 287 g/mol. The van der Waals surface area contributed by atoms with Gasteiger partial charge >= 0.3 is 0 Å². The third kappa shape index (κ3) is 3.87. The van der Waals surface area contributed by atoms with Crippen LogP contribution in [-0.4, -0.2) is 18.5 Å². The topological polar surface area (TPSA) is 55.1 Å². The molecule has 2 rings (SSSR count). The number of hydrogen-bond donors (Lipinski definition) is 2. The first-order chi connectivity index (χ1) is 8.56. The second kappa shape index (κ2) is 5.91. The molecule has 1 aromatic rings. The van der Waals surface area contributed by atoms with Gasteiger partial charge in [0.25, 0.3) is 0 Å². The molecule has 1 saturated carbocycles. The molecule has 1 amide bonds. The Bertz CT molecular complexity index is 447. The molecule has 18 heavy (non-hydrogen) atoms. The monoisotopic (exact) mass is 286 g/mol. The third-order valence-corrected chi connectivity index (χ3v) is 3.73. The second-order valence-corrected chi connectivity index (χ2v) is 5.56. The van der Waals surface area contributed by atoms with Gasteiger partial charge in [0.05, 0.1) is 6.42 Å². The van der Waals surface area contributed by atoms with E-state index in [1.807, 2.05) is 0 Å². The Morgan fingerprint density at radius 3 is 2.83 bits per heavy atom. The van der Waals surface area contributed by atoms with Crippen molar-refractivity contribution in [2.45, 2.75) is 25.3 Å². The van der Waals surface area contributed by atoms with Crippen molar-refractivity contribution in [3.63, 3.8) is 0 Å². The normalized spacial score (nSPS) is 16.4. The van der Waals surface area contributed by atoms with Crippen molar-refractivity contribution in [1.29, 1.82) is 0 Å². The average Bonchev–Trinajstić information content (AvgIpc) is 3.15. The number of carbonyl (C=O) groups excluding carboxylic acids is 1. The van der Waals surface area contributed by atoms with Crippen molar-refractivity contribution in [3.8, 4) is 0 Å². The van der Waals surface area contributed by atoms with Crippen LogP contribution in [0.3, 0.4) is 0 Å². The van der Waals surface area contributed by atoms with Crippen LogP contribution in [0.25, 0.3) is 0 Å². The molecule has 1 aliphatic rings. The summed E-state index contributed by atoms with van der Waals surface area (Å²) in [6.07, 6.45) is 2.59. The van der Waals surface area contributed by atoms with Gasteiger partial charge in [0.1, 0.15) is 0 Å². The van der Waals surface area contributed by atoms with Gasteiger partial charge in [0.2, 0.25) is 5.91 Å². The maximum Gasteiger partial charge on any atom is 0.224 e. The number of benzene rings is 1. The van der Waals surface area contributed by atoms with Crippen molar-refractivity contribution in [2.75, 3.05) is 6.54 Å². The number of hydrogen-bond acceptors (Lipinski definition) is 2. The van der Waals surface area contributed by atoms with Gasteiger partial charge in [0, 0.05) is 22.6 Å². The highest BCUT2D eigenvalue weighted by Crippen LogP contribution is 2.31. The first kappa shape index (κ1) is 13.7. The molecule has 1 fully saturated rings. The van der Waals surface area contributed by atoms with Crippen LogP contribution in [0, 0.1) is 5.92 Å². The van der Waals surface area contributed by atoms with Crippen LogP contribution in [0.15, 0.2) is 18.2 Å². The van der Waals surface area contributed by atoms with E-state index in [4.69, 9.17) is 28.9 Å². The molecule has 0 radical (unpaired) electrons. The van der Waals surface area contributed by atoms with Gasteiger partial charge in [-0.2, -0.15) is 0 Å². The standard InChI is InChI=1S/C13H16Cl2N2O/c14-10-3-4-11(15)9(5-10)6-13(18)17-7-12(16)8-1-2-8/h3-5,8,12H,1-2,6-7,16H2,(H,17,18). The van der Waals surface area contributed by atoms with E-state index in [9.17, 15) is 4.79 Å². The van der Waals surface area contributed by atoms with Crippen LogP contribution in [0.1, 0.15) is 18.4 Å². The number of carbonyl (C=O) groups is 1. The molecule has 3 N–H and O–H groups in total. The Labute approximate surface area is 117 Å². The predicted molar refractivity (Wildman–Crippen MR) is 73.9 cm³/mol. The van der Waals surface area contributed by atoms with Gasteiger partial charge in [-0.1, -0.05) is 23.2 Å². The van der Waals surface area contributed by atoms with E-state index in [0.29, 0.717) is 22.5 Å². The maximum atomic E-state index is 11.8. The van der Waals surface area contributed by atoms with Crippen LogP contribution >= 0.6 is 23.2 Å². The van der Waals surface area contributed by atoms with E-state index in [1.54, 1.807) is 18.2 Å². The van der Waals surface area contributed by atoms with Crippen LogP contribution in [0.4, 0.5) is 0 Å². The molecule has 0 bridgehead atoms. The van der Waals surface area contributed by atoms with Crippen molar-refractivity contribution in [3.05, 3.63) is 33.8 Å². The molecular weight excluding hydrogens is 271 g/mol. The highest BCUT2D eigenvalue weighted by Gasteiger charge is 2.28. The lowest BCUT2D eigenvalue weighted by molar-refractivity contribution is -0.120. The minimum Gasteiger partial charge on any atom is -0.354 e. The summed E-state index contributed by atoms with van der Waals surface area (Å²) in [5.74, 6) is 0.510. The predicted octanol–water partition coefficient (Wildman–Crippen LogP) is 2.39. The van der Waals surface area contributed by atoms with Gasteiger partial charge in [-0.25, -0.2) is 0 Å². The molecule has 0 heterocycles. The lowest BCUT2D eigenvalue weighted by Gasteiger charge is -2.12. The molecule has 1 unspecified atom stereocenters. The van der Waals surface area contributed by atoms with E-state index < -0.39 is 0 Å². The molecule has 5 heteroatoms. The summed E-state index contributed by atoms with van der Waals surface area (Å²) in [6, 6.07) is 5.19. The Balaban J connectivity index is 1.84. The van der Waals surface area contributed by atoms with Crippen molar-refractivity contribution in [1.82, 2.24) is 5.32 Å². The van der Waals surface area contributed by atoms with Gasteiger partial charge in [-0.05, 0) is 42.5 Å². The highest BCUT2D eigenvalue weighted by atomic mass is 35.5. The van der Waals surface area contributed by atoms with E-state index in [2.05, 4.69) is 5.32 Å².